The van der Waals surface area contributed by atoms with Gasteiger partial charge < -0.3 is 30.5 Å². The summed E-state index contributed by atoms with van der Waals surface area (Å²) in [6.07, 6.45) is 1.27. The average molecular weight is 563 g/mol. The highest BCUT2D eigenvalue weighted by Gasteiger charge is 2.46. The Labute approximate surface area is 242 Å². The molecular formula is C32H30N6O4. The summed E-state index contributed by atoms with van der Waals surface area (Å²) >= 11 is 0. The van der Waals surface area contributed by atoms with Gasteiger partial charge in [0.15, 0.2) is 5.76 Å². The molecule has 0 aliphatic carbocycles. The van der Waals surface area contributed by atoms with Gasteiger partial charge >= 0.3 is 6.03 Å². The lowest BCUT2D eigenvalue weighted by atomic mass is 9.70. The molecule has 1 saturated heterocycles. The fourth-order valence-corrected chi connectivity index (χ4v) is 6.17. The fourth-order valence-electron chi connectivity index (χ4n) is 6.17. The van der Waals surface area contributed by atoms with Crippen LogP contribution in [0.25, 0.3) is 0 Å². The van der Waals surface area contributed by atoms with Gasteiger partial charge in [0, 0.05) is 41.2 Å². The second-order valence-corrected chi connectivity index (χ2v) is 10.7. The van der Waals surface area contributed by atoms with Crippen LogP contribution in [-0.4, -0.2) is 35.3 Å². The zero-order valence-electron chi connectivity index (χ0n) is 23.3. The van der Waals surface area contributed by atoms with Crippen molar-refractivity contribution < 1.29 is 19.2 Å². The second kappa shape index (κ2) is 10.7. The van der Waals surface area contributed by atoms with Crippen LogP contribution in [0.15, 0.2) is 71.3 Å². The predicted octanol–water partition coefficient (Wildman–Crippen LogP) is 5.53. The van der Waals surface area contributed by atoms with E-state index in [1.165, 1.54) is 0 Å². The number of amides is 3. The summed E-state index contributed by atoms with van der Waals surface area (Å²) in [4.78, 5) is 27.8. The van der Waals surface area contributed by atoms with Crippen LogP contribution in [0.5, 0.6) is 0 Å². The lowest BCUT2D eigenvalue weighted by Gasteiger charge is -2.43. The zero-order valence-corrected chi connectivity index (χ0v) is 23.3. The number of aromatic nitrogens is 1. The summed E-state index contributed by atoms with van der Waals surface area (Å²) in [7, 11) is 0. The number of carbonyl (C=O) groups is 2. The number of nitrogens with one attached hydrogen (secondary N) is 3. The Balaban J connectivity index is 1.22. The molecule has 4 N–H and O–H groups in total. The Bertz CT molecular complexity index is 1710. The minimum atomic E-state index is -1.36. The van der Waals surface area contributed by atoms with E-state index in [2.05, 4.69) is 32.1 Å². The molecule has 0 saturated carbocycles. The number of para-hydroxylation sites is 1. The van der Waals surface area contributed by atoms with E-state index in [1.807, 2.05) is 42.5 Å². The Hall–Kier alpha value is -5.14. The van der Waals surface area contributed by atoms with Gasteiger partial charge in [-0.25, -0.2) is 4.79 Å². The molecule has 3 heterocycles. The minimum Gasteiger partial charge on any atom is -0.380 e. The van der Waals surface area contributed by atoms with Crippen molar-refractivity contribution >= 4 is 34.7 Å². The Kier molecular flexibility index (Phi) is 6.88. The van der Waals surface area contributed by atoms with E-state index in [4.69, 9.17) is 4.52 Å². The first kappa shape index (κ1) is 27.1. The third-order valence-corrected chi connectivity index (χ3v) is 8.24. The van der Waals surface area contributed by atoms with E-state index in [0.717, 1.165) is 5.69 Å². The monoisotopic (exact) mass is 562 g/mol. The number of carbonyl (C=O) groups excluding carboxylic acids is 2. The van der Waals surface area contributed by atoms with Crippen molar-refractivity contribution in [3.8, 4) is 6.07 Å². The molecule has 0 radical (unpaired) electrons. The smallest absolute Gasteiger partial charge is 0.323 e. The molecule has 1 unspecified atom stereocenters. The van der Waals surface area contributed by atoms with Crippen molar-refractivity contribution in [1.29, 1.82) is 5.26 Å². The number of nitrogens with zero attached hydrogens (tertiary/aromatic N) is 3. The van der Waals surface area contributed by atoms with E-state index in [0.29, 0.717) is 76.7 Å². The largest absolute Gasteiger partial charge is 0.380 e. The topological polar surface area (TPSA) is 144 Å². The average Bonchev–Trinajstić information content (AvgIpc) is 3.28. The van der Waals surface area contributed by atoms with Crippen LogP contribution < -0.4 is 20.9 Å². The van der Waals surface area contributed by atoms with Crippen molar-refractivity contribution in [2.24, 2.45) is 5.92 Å². The standard InChI is InChI=1S/C32H30N6O4/c1-19-29(20(2)42-37-19)36-31(40)34-23-11-12-28(21(17-23)18-33)38-15-13-22(14-16-38)32(41)25-8-4-3-7-24(25)30(39)35-27-10-6-5-9-26(27)32/h3-12,17,22,41H,13-16H2,1-2H3,(H,35,39)(H2,34,36,40). The molecule has 2 aliphatic heterocycles. The van der Waals surface area contributed by atoms with E-state index in [-0.39, 0.29) is 11.8 Å². The third-order valence-electron chi connectivity index (χ3n) is 8.24. The number of piperidine rings is 1. The summed E-state index contributed by atoms with van der Waals surface area (Å²) in [6, 6.07) is 21.7. The van der Waals surface area contributed by atoms with Crippen molar-refractivity contribution in [1.82, 2.24) is 5.16 Å². The predicted molar refractivity (Wildman–Crippen MR) is 159 cm³/mol. The summed E-state index contributed by atoms with van der Waals surface area (Å²) in [5, 5.41) is 34.7. The first-order chi connectivity index (χ1) is 20.3. The normalized spacial score (nSPS) is 18.2. The Morgan fingerprint density at radius 1 is 1.07 bits per heavy atom. The molecule has 3 aromatic carbocycles. The van der Waals surface area contributed by atoms with Gasteiger partial charge in [-0.1, -0.05) is 41.6 Å². The summed E-state index contributed by atoms with van der Waals surface area (Å²) in [6.45, 7) is 4.66. The van der Waals surface area contributed by atoms with Gasteiger partial charge in [0.25, 0.3) is 5.91 Å². The number of rotatable bonds is 4. The van der Waals surface area contributed by atoms with Gasteiger partial charge in [-0.2, -0.15) is 5.26 Å². The van der Waals surface area contributed by atoms with E-state index >= 15 is 0 Å². The zero-order chi connectivity index (χ0) is 29.4. The van der Waals surface area contributed by atoms with Crippen molar-refractivity contribution in [2.75, 3.05) is 33.9 Å². The number of aryl methyl sites for hydroxylation is 2. The number of hydrogen-bond acceptors (Lipinski definition) is 7. The van der Waals surface area contributed by atoms with Crippen LogP contribution in [0, 0.1) is 31.1 Å². The molecule has 1 aromatic heterocycles. The van der Waals surface area contributed by atoms with Crippen LogP contribution in [0.1, 0.15) is 51.3 Å². The molecule has 0 spiro atoms. The minimum absolute atomic E-state index is 0.164. The molecule has 1 fully saturated rings. The lowest BCUT2D eigenvalue weighted by molar-refractivity contribution is 0.00559. The molecular weight excluding hydrogens is 532 g/mol. The molecule has 10 nitrogen and oxygen atoms in total. The Morgan fingerprint density at radius 2 is 1.79 bits per heavy atom. The first-order valence-electron chi connectivity index (χ1n) is 13.8. The SMILES string of the molecule is Cc1noc(C)c1NC(=O)Nc1ccc(N2CCC(C3(O)c4ccccc4NC(=O)c4ccccc43)CC2)c(C#N)c1. The van der Waals surface area contributed by atoms with Gasteiger partial charge in [0.2, 0.25) is 0 Å². The van der Waals surface area contributed by atoms with Crippen LogP contribution >= 0.6 is 0 Å². The Morgan fingerprint density at radius 3 is 2.50 bits per heavy atom. The van der Waals surface area contributed by atoms with Gasteiger partial charge in [-0.05, 0) is 62.9 Å². The number of anilines is 4. The number of urea groups is 1. The molecule has 1 atom stereocenters. The maximum absolute atomic E-state index is 13.1. The van der Waals surface area contributed by atoms with Gasteiger partial charge in [-0.15, -0.1) is 0 Å². The number of nitriles is 1. The lowest BCUT2D eigenvalue weighted by Crippen LogP contribution is -2.44. The molecule has 3 amide bonds. The highest BCUT2D eigenvalue weighted by molar-refractivity contribution is 6.07. The molecule has 212 valence electrons. The second-order valence-electron chi connectivity index (χ2n) is 10.7. The van der Waals surface area contributed by atoms with E-state index < -0.39 is 11.6 Å². The highest BCUT2D eigenvalue weighted by Crippen LogP contribution is 2.47. The maximum atomic E-state index is 13.1. The molecule has 0 bridgehead atoms. The highest BCUT2D eigenvalue weighted by atomic mass is 16.5. The van der Waals surface area contributed by atoms with Crippen molar-refractivity contribution in [3.63, 3.8) is 0 Å². The summed E-state index contributed by atoms with van der Waals surface area (Å²) in [5.41, 5.74) is 3.75. The number of aliphatic hydroxyl groups is 1. The molecule has 2 aliphatic rings. The van der Waals surface area contributed by atoms with Crippen LogP contribution in [-0.2, 0) is 5.60 Å². The summed E-state index contributed by atoms with van der Waals surface area (Å²) < 4.78 is 5.09. The summed E-state index contributed by atoms with van der Waals surface area (Å²) in [5.74, 6) is 0.102. The van der Waals surface area contributed by atoms with E-state index in [9.17, 15) is 20.0 Å². The quantitative estimate of drug-likeness (QED) is 0.256. The number of benzene rings is 3. The van der Waals surface area contributed by atoms with Crippen molar-refractivity contribution in [3.05, 3.63) is 100 Å². The molecule has 42 heavy (non-hydrogen) atoms. The third kappa shape index (κ3) is 4.63. The van der Waals surface area contributed by atoms with Gasteiger partial charge in [0.1, 0.15) is 23.1 Å². The van der Waals surface area contributed by atoms with Crippen LogP contribution in [0.3, 0.4) is 0 Å². The number of fused-ring (bicyclic) bond motifs is 2. The first-order valence-corrected chi connectivity index (χ1v) is 13.8. The van der Waals surface area contributed by atoms with E-state index in [1.54, 1.807) is 38.1 Å². The fraction of sp³-hybridized carbons (Fsp3) is 0.250. The van der Waals surface area contributed by atoms with Crippen LogP contribution in [0.2, 0.25) is 0 Å². The molecule has 10 heteroatoms. The molecule has 4 aromatic rings. The maximum Gasteiger partial charge on any atom is 0.323 e. The molecule has 6 rings (SSSR count). The number of hydrogen-bond donors (Lipinski definition) is 4. The van der Waals surface area contributed by atoms with Gasteiger partial charge in [-0.3, -0.25) is 4.79 Å². The van der Waals surface area contributed by atoms with Crippen LogP contribution in [0.4, 0.5) is 27.5 Å². The van der Waals surface area contributed by atoms with Gasteiger partial charge in [0.05, 0.1) is 11.3 Å². The van der Waals surface area contributed by atoms with Crippen molar-refractivity contribution in [2.45, 2.75) is 32.3 Å².